The molecular weight excluding hydrogens is 210 g/mol. The Bertz CT molecular complexity index is 190. The quantitative estimate of drug-likeness (QED) is 0.685. The van der Waals surface area contributed by atoms with Gasteiger partial charge in [-0.3, -0.25) is 4.79 Å². The van der Waals surface area contributed by atoms with Crippen molar-refractivity contribution >= 4 is 17.7 Å². The Labute approximate surface area is 97.1 Å². The highest BCUT2D eigenvalue weighted by Crippen LogP contribution is 2.22. The molecule has 0 aliphatic heterocycles. The minimum atomic E-state index is -0.233. The molecule has 0 fully saturated rings. The summed E-state index contributed by atoms with van der Waals surface area (Å²) in [6, 6.07) is 0. The average Bonchev–Trinajstić information content (AvgIpc) is 2.15. The van der Waals surface area contributed by atoms with E-state index in [1.165, 1.54) is 7.11 Å². The number of nitrogens with two attached hydrogens (primary N) is 1. The van der Waals surface area contributed by atoms with Crippen LogP contribution in [0.5, 0.6) is 0 Å². The molecule has 15 heavy (non-hydrogen) atoms. The normalized spacial score (nSPS) is 13.7. The maximum atomic E-state index is 11.5. The molecule has 0 aromatic rings. The third-order valence-electron chi connectivity index (χ3n) is 1.94. The van der Waals surface area contributed by atoms with Crippen LogP contribution in [0.2, 0.25) is 0 Å². The minimum absolute atomic E-state index is 0.0576. The third kappa shape index (κ3) is 7.68. The summed E-state index contributed by atoms with van der Waals surface area (Å²) in [4.78, 5) is 11.5. The first-order valence-corrected chi connectivity index (χ1v) is 6.44. The van der Waals surface area contributed by atoms with Gasteiger partial charge in [0.05, 0.1) is 7.11 Å². The summed E-state index contributed by atoms with van der Waals surface area (Å²) in [6.45, 7) is 6.05. The molecule has 0 bridgehead atoms. The third-order valence-corrected chi connectivity index (χ3v) is 3.68. The highest BCUT2D eigenvalue weighted by atomic mass is 32.2. The molecule has 0 spiro atoms. The minimum Gasteiger partial charge on any atom is -0.468 e. The highest BCUT2D eigenvalue weighted by Gasteiger charge is 2.22. The summed E-state index contributed by atoms with van der Waals surface area (Å²) in [5, 5.41) is -0.0576. The van der Waals surface area contributed by atoms with Crippen LogP contribution in [0.15, 0.2) is 0 Å². The number of carbonyl (C=O) groups is 1. The Balaban J connectivity index is 4.07. The van der Waals surface area contributed by atoms with Gasteiger partial charge in [-0.2, -0.15) is 0 Å². The summed E-state index contributed by atoms with van der Waals surface area (Å²) in [5.41, 5.74) is 5.65. The van der Waals surface area contributed by atoms with E-state index >= 15 is 0 Å². The lowest BCUT2D eigenvalue weighted by molar-refractivity contribution is -0.140. The SMILES string of the molecule is CCCCC(SCC(C)(C)N)C(=O)OC. The molecule has 0 rings (SSSR count). The first-order valence-electron chi connectivity index (χ1n) is 5.39. The van der Waals surface area contributed by atoms with E-state index < -0.39 is 0 Å². The van der Waals surface area contributed by atoms with Crippen molar-refractivity contribution in [2.75, 3.05) is 12.9 Å². The lowest BCUT2D eigenvalue weighted by Crippen LogP contribution is -2.36. The summed E-state index contributed by atoms with van der Waals surface area (Å²) in [7, 11) is 1.44. The van der Waals surface area contributed by atoms with E-state index in [0.717, 1.165) is 25.0 Å². The largest absolute Gasteiger partial charge is 0.468 e. The zero-order valence-electron chi connectivity index (χ0n) is 10.2. The number of hydrogen-bond acceptors (Lipinski definition) is 4. The van der Waals surface area contributed by atoms with Gasteiger partial charge in [-0.05, 0) is 20.3 Å². The number of carbonyl (C=O) groups excluding carboxylic acids is 1. The number of thioether (sulfide) groups is 1. The number of esters is 1. The topological polar surface area (TPSA) is 52.3 Å². The van der Waals surface area contributed by atoms with Crippen molar-refractivity contribution < 1.29 is 9.53 Å². The predicted octanol–water partition coefficient (Wildman–Crippen LogP) is 2.19. The van der Waals surface area contributed by atoms with Crippen LogP contribution in [0.3, 0.4) is 0 Å². The fourth-order valence-electron chi connectivity index (χ4n) is 1.11. The van der Waals surface area contributed by atoms with Gasteiger partial charge in [-0.1, -0.05) is 19.8 Å². The van der Waals surface area contributed by atoms with E-state index in [1.807, 2.05) is 13.8 Å². The molecule has 2 N–H and O–H groups in total. The van der Waals surface area contributed by atoms with E-state index in [1.54, 1.807) is 11.8 Å². The molecule has 1 unspecified atom stereocenters. The monoisotopic (exact) mass is 233 g/mol. The molecule has 0 aliphatic rings. The van der Waals surface area contributed by atoms with Crippen molar-refractivity contribution in [2.24, 2.45) is 5.73 Å². The second kappa shape index (κ2) is 7.12. The summed E-state index contributed by atoms with van der Waals surface area (Å²) >= 11 is 1.60. The Morgan fingerprint density at radius 3 is 2.53 bits per heavy atom. The van der Waals surface area contributed by atoms with Crippen LogP contribution >= 0.6 is 11.8 Å². The molecule has 3 nitrogen and oxygen atoms in total. The first-order chi connectivity index (χ1) is 6.90. The molecule has 0 aliphatic carbocycles. The van der Waals surface area contributed by atoms with E-state index in [0.29, 0.717) is 0 Å². The molecule has 0 aromatic heterocycles. The second-order valence-electron chi connectivity index (χ2n) is 4.45. The number of unbranched alkanes of at least 4 members (excludes halogenated alkanes) is 1. The van der Waals surface area contributed by atoms with E-state index in [-0.39, 0.29) is 16.8 Å². The summed E-state index contributed by atoms with van der Waals surface area (Å²) in [6.07, 6.45) is 3.03. The van der Waals surface area contributed by atoms with Crippen molar-refractivity contribution in [2.45, 2.75) is 50.8 Å². The molecule has 4 heteroatoms. The van der Waals surface area contributed by atoms with Crippen LogP contribution in [0.4, 0.5) is 0 Å². The van der Waals surface area contributed by atoms with Gasteiger partial charge in [-0.15, -0.1) is 11.8 Å². The fraction of sp³-hybridized carbons (Fsp3) is 0.909. The van der Waals surface area contributed by atoms with Gasteiger partial charge in [0.25, 0.3) is 0 Å². The highest BCUT2D eigenvalue weighted by molar-refractivity contribution is 8.00. The molecule has 0 saturated carbocycles. The Hall–Kier alpha value is -0.220. The van der Waals surface area contributed by atoms with Crippen molar-refractivity contribution in [3.8, 4) is 0 Å². The zero-order chi connectivity index (χ0) is 11.9. The average molecular weight is 233 g/mol. The second-order valence-corrected chi connectivity index (χ2v) is 5.64. The standard InChI is InChI=1S/C11H23NO2S/c1-5-6-7-9(10(13)14-4)15-8-11(2,3)12/h9H,5-8,12H2,1-4H3. The lowest BCUT2D eigenvalue weighted by Gasteiger charge is -2.21. The number of rotatable bonds is 7. The molecule has 1 atom stereocenters. The summed E-state index contributed by atoms with van der Waals surface area (Å²) in [5.74, 6) is 0.647. The zero-order valence-corrected chi connectivity index (χ0v) is 11.0. The van der Waals surface area contributed by atoms with Gasteiger partial charge >= 0.3 is 5.97 Å². The van der Waals surface area contributed by atoms with Crippen LogP contribution in [0, 0.1) is 0 Å². The van der Waals surface area contributed by atoms with Crippen LogP contribution in [-0.4, -0.2) is 29.6 Å². The molecule has 0 heterocycles. The van der Waals surface area contributed by atoms with Crippen LogP contribution < -0.4 is 5.73 Å². The number of ether oxygens (including phenoxy) is 1. The van der Waals surface area contributed by atoms with Crippen molar-refractivity contribution in [1.82, 2.24) is 0 Å². The Morgan fingerprint density at radius 1 is 1.53 bits per heavy atom. The van der Waals surface area contributed by atoms with Gasteiger partial charge < -0.3 is 10.5 Å². The van der Waals surface area contributed by atoms with Gasteiger partial charge in [0.2, 0.25) is 0 Å². The van der Waals surface area contributed by atoms with Crippen molar-refractivity contribution in [3.63, 3.8) is 0 Å². The van der Waals surface area contributed by atoms with Gasteiger partial charge in [0.1, 0.15) is 5.25 Å². The fourth-order valence-corrected chi connectivity index (χ4v) is 2.30. The number of hydrogen-bond donors (Lipinski definition) is 1. The molecule has 0 amide bonds. The Kier molecular flexibility index (Phi) is 7.02. The van der Waals surface area contributed by atoms with Crippen molar-refractivity contribution in [1.29, 1.82) is 0 Å². The van der Waals surface area contributed by atoms with Gasteiger partial charge in [0.15, 0.2) is 0 Å². The molecule has 0 radical (unpaired) electrons. The maximum Gasteiger partial charge on any atom is 0.318 e. The van der Waals surface area contributed by atoms with E-state index in [9.17, 15) is 4.79 Å². The van der Waals surface area contributed by atoms with Crippen LogP contribution in [0.1, 0.15) is 40.0 Å². The maximum absolute atomic E-state index is 11.5. The van der Waals surface area contributed by atoms with Gasteiger partial charge in [-0.25, -0.2) is 0 Å². The number of methoxy groups -OCH3 is 1. The molecule has 0 saturated heterocycles. The molecular formula is C11H23NO2S. The summed E-state index contributed by atoms with van der Waals surface area (Å²) < 4.78 is 4.77. The predicted molar refractivity (Wildman–Crippen MR) is 66.1 cm³/mol. The van der Waals surface area contributed by atoms with E-state index in [4.69, 9.17) is 10.5 Å². The molecule has 90 valence electrons. The smallest absolute Gasteiger partial charge is 0.318 e. The van der Waals surface area contributed by atoms with E-state index in [2.05, 4.69) is 6.92 Å². The van der Waals surface area contributed by atoms with Crippen LogP contribution in [-0.2, 0) is 9.53 Å². The molecule has 0 aromatic carbocycles. The Morgan fingerprint density at radius 2 is 2.13 bits per heavy atom. The lowest BCUT2D eigenvalue weighted by atomic mass is 10.1. The van der Waals surface area contributed by atoms with Gasteiger partial charge in [0, 0.05) is 11.3 Å². The van der Waals surface area contributed by atoms with Crippen molar-refractivity contribution in [3.05, 3.63) is 0 Å². The first kappa shape index (κ1) is 14.8. The van der Waals surface area contributed by atoms with Crippen LogP contribution in [0.25, 0.3) is 0 Å².